The summed E-state index contributed by atoms with van der Waals surface area (Å²) in [7, 11) is 1.19. The monoisotopic (exact) mass is 769 g/mol. The smallest absolute Gasteiger partial charge is 0.420 e. The molecule has 3 aliphatic heterocycles. The summed E-state index contributed by atoms with van der Waals surface area (Å²) in [4.78, 5) is 15.7. The number of aromatic nitrogens is 3. The van der Waals surface area contributed by atoms with E-state index in [0.717, 1.165) is 25.1 Å². The van der Waals surface area contributed by atoms with Crippen LogP contribution >= 0.6 is 11.8 Å². The number of hydrogen-bond acceptors (Lipinski definition) is 12. The summed E-state index contributed by atoms with van der Waals surface area (Å²) in [6, 6.07) is 6.24. The highest BCUT2D eigenvalue weighted by Gasteiger charge is 2.44. The van der Waals surface area contributed by atoms with Crippen LogP contribution in [0.5, 0.6) is 11.8 Å². The molecule has 11 nitrogen and oxygen atoms in total. The lowest BCUT2D eigenvalue weighted by Gasteiger charge is -2.30. The van der Waals surface area contributed by atoms with E-state index in [1.54, 1.807) is 13.0 Å². The van der Waals surface area contributed by atoms with Crippen molar-refractivity contribution in [2.45, 2.75) is 55.5 Å². The highest BCUT2D eigenvalue weighted by Crippen LogP contribution is 2.53. The van der Waals surface area contributed by atoms with Gasteiger partial charge in [0.1, 0.15) is 59.2 Å². The third kappa shape index (κ3) is 7.11. The Labute approximate surface area is 310 Å². The number of nitrogens with zero attached hydrogens (tertiary/aromatic N) is 7. The molecule has 3 atom stereocenters. The molecule has 5 heterocycles. The molecule has 4 N–H and O–H groups in total. The van der Waals surface area contributed by atoms with E-state index in [0.29, 0.717) is 29.9 Å². The molecule has 0 saturated carbocycles. The number of halogens is 6. The molecule has 7 rings (SSSR count). The van der Waals surface area contributed by atoms with Crippen LogP contribution in [0.4, 0.5) is 38.0 Å². The fraction of sp³-hybridized carbons (Fsp3) is 0.361. The maximum Gasteiger partial charge on any atom is 0.420 e. The summed E-state index contributed by atoms with van der Waals surface area (Å²) in [5.41, 5.74) is 7.78. The Morgan fingerprint density at radius 2 is 1.94 bits per heavy atom. The number of anilines is 2. The SMILES string of the molecule is C=C(N)Sc1c(F)ccc(-c2c(C(F)(F)F)c3c4c(nc(OC)nc4c2F)N([C@H](C)c2cc(C#N)cnc2N)CCO3)c1C#N.FC1CC2CCCN2C1. The van der Waals surface area contributed by atoms with Crippen molar-refractivity contribution in [2.75, 3.05) is 44.0 Å². The lowest BCUT2D eigenvalue weighted by Crippen LogP contribution is -2.31. The summed E-state index contributed by atoms with van der Waals surface area (Å²) in [6.45, 7) is 6.53. The average Bonchev–Trinajstić information content (AvgIpc) is 3.66. The zero-order valence-electron chi connectivity index (χ0n) is 29.0. The Balaban J connectivity index is 0.000000478. The molecule has 0 amide bonds. The number of thioether (sulfide) groups is 1. The third-order valence-corrected chi connectivity index (χ3v) is 10.4. The lowest BCUT2D eigenvalue weighted by atomic mass is 9.91. The fourth-order valence-corrected chi connectivity index (χ4v) is 7.83. The first kappa shape index (κ1) is 38.3. The van der Waals surface area contributed by atoms with E-state index < -0.39 is 73.8 Å². The maximum absolute atomic E-state index is 16.7. The van der Waals surface area contributed by atoms with E-state index in [2.05, 4.69) is 26.4 Å². The van der Waals surface area contributed by atoms with Gasteiger partial charge in [-0.3, -0.25) is 4.90 Å². The summed E-state index contributed by atoms with van der Waals surface area (Å²) < 4.78 is 100. The van der Waals surface area contributed by atoms with Crippen molar-refractivity contribution < 1.29 is 35.8 Å². The Kier molecular flexibility index (Phi) is 10.7. The summed E-state index contributed by atoms with van der Waals surface area (Å²) in [6.07, 6.45) is -1.17. The number of rotatable bonds is 6. The van der Waals surface area contributed by atoms with Crippen molar-refractivity contribution in [2.24, 2.45) is 5.73 Å². The van der Waals surface area contributed by atoms with Crippen LogP contribution in [-0.4, -0.2) is 65.4 Å². The van der Waals surface area contributed by atoms with E-state index in [1.807, 2.05) is 6.07 Å². The number of nitrogens with two attached hydrogens (primary N) is 2. The first-order valence-corrected chi connectivity index (χ1v) is 17.5. The molecular formula is C36H33F6N9O2S. The van der Waals surface area contributed by atoms with Crippen molar-refractivity contribution >= 4 is 34.3 Å². The number of alkyl halides is 4. The van der Waals surface area contributed by atoms with Crippen LogP contribution < -0.4 is 25.8 Å². The highest BCUT2D eigenvalue weighted by molar-refractivity contribution is 8.03. The molecule has 282 valence electrons. The largest absolute Gasteiger partial charge is 0.490 e. The number of hydrogen-bond donors (Lipinski definition) is 2. The number of ether oxygens (including phenoxy) is 2. The van der Waals surface area contributed by atoms with Gasteiger partial charge in [-0.1, -0.05) is 18.3 Å². The van der Waals surface area contributed by atoms with Crippen LogP contribution in [0.1, 0.15) is 54.5 Å². The second-order valence-electron chi connectivity index (χ2n) is 12.8. The molecule has 2 unspecified atom stereocenters. The van der Waals surface area contributed by atoms with Gasteiger partial charge in [-0.05, 0) is 50.9 Å². The standard InChI is InChI=1S/C29H21F5N8O2S.C7H12FN/c1-12(16-8-14(9-35)11-39-26(16)38)42-6-7-44-24-20-23(40-28(43-3)41-27(20)42)22(31)19(21(24)29(32,33)34)15-4-5-18(30)25(17(15)10-36)45-13(2)37;8-6-4-7-2-1-3-9(7)5-6/h4-5,8,11-12H,2,6-7,37H2,1,3H3,(H2,38,39);6-7H,1-5H2/t12-;/m1./s1. The maximum atomic E-state index is 16.7. The fourth-order valence-electron chi connectivity index (χ4n) is 7.15. The van der Waals surface area contributed by atoms with Gasteiger partial charge in [0.25, 0.3) is 0 Å². The molecule has 2 aromatic heterocycles. The van der Waals surface area contributed by atoms with Gasteiger partial charge in [0, 0.05) is 35.5 Å². The summed E-state index contributed by atoms with van der Waals surface area (Å²) in [5, 5.41) is 18.7. The quantitative estimate of drug-likeness (QED) is 0.153. The second-order valence-corrected chi connectivity index (χ2v) is 13.9. The van der Waals surface area contributed by atoms with Crippen molar-refractivity contribution in [1.29, 1.82) is 10.5 Å². The number of nitriles is 2. The highest BCUT2D eigenvalue weighted by atomic mass is 32.2. The molecule has 0 radical (unpaired) electrons. The minimum absolute atomic E-state index is 0.0517. The Hall–Kier alpha value is -5.46. The normalized spacial score (nSPS) is 18.4. The van der Waals surface area contributed by atoms with E-state index in [1.165, 1.54) is 37.1 Å². The first-order chi connectivity index (χ1) is 25.7. The van der Waals surface area contributed by atoms with Crippen molar-refractivity contribution in [1.82, 2.24) is 19.9 Å². The van der Waals surface area contributed by atoms with Gasteiger partial charge in [-0.15, -0.1) is 0 Å². The third-order valence-electron chi connectivity index (χ3n) is 9.50. The van der Waals surface area contributed by atoms with E-state index >= 15 is 17.6 Å². The molecule has 18 heteroatoms. The average molecular weight is 770 g/mol. The van der Waals surface area contributed by atoms with Crippen LogP contribution in [0.3, 0.4) is 0 Å². The van der Waals surface area contributed by atoms with Crippen molar-refractivity contribution in [3.05, 3.63) is 69.9 Å². The molecular weight excluding hydrogens is 737 g/mol. The molecule has 0 aliphatic carbocycles. The molecule has 2 saturated heterocycles. The molecule has 0 spiro atoms. The number of methoxy groups -OCH3 is 1. The summed E-state index contributed by atoms with van der Waals surface area (Å²) in [5.74, 6) is -3.38. The van der Waals surface area contributed by atoms with E-state index in [9.17, 15) is 19.3 Å². The molecule has 0 bridgehead atoms. The number of fused-ring (bicyclic) bond motifs is 1. The van der Waals surface area contributed by atoms with Crippen LogP contribution in [0.2, 0.25) is 0 Å². The van der Waals surface area contributed by atoms with Crippen LogP contribution in [0.25, 0.3) is 22.0 Å². The Bertz CT molecular complexity index is 2210. The zero-order valence-corrected chi connectivity index (χ0v) is 29.8. The van der Waals surface area contributed by atoms with Gasteiger partial charge in [0.15, 0.2) is 5.82 Å². The van der Waals surface area contributed by atoms with Crippen LogP contribution in [0.15, 0.2) is 40.9 Å². The zero-order chi connectivity index (χ0) is 39.1. The number of nitrogen functional groups attached to an aromatic ring is 1. The Morgan fingerprint density at radius 1 is 1.19 bits per heavy atom. The van der Waals surface area contributed by atoms with Gasteiger partial charge in [-0.25, -0.2) is 18.2 Å². The van der Waals surface area contributed by atoms with Gasteiger partial charge in [0.05, 0.1) is 46.1 Å². The summed E-state index contributed by atoms with van der Waals surface area (Å²) >= 11 is 0.509. The van der Waals surface area contributed by atoms with E-state index in [-0.39, 0.29) is 41.4 Å². The molecule has 4 aromatic rings. The van der Waals surface area contributed by atoms with Gasteiger partial charge >= 0.3 is 12.2 Å². The lowest BCUT2D eigenvalue weighted by molar-refractivity contribution is -0.138. The Morgan fingerprint density at radius 3 is 2.59 bits per heavy atom. The van der Waals surface area contributed by atoms with Gasteiger partial charge in [0.2, 0.25) is 0 Å². The van der Waals surface area contributed by atoms with Crippen LogP contribution in [-0.2, 0) is 6.18 Å². The van der Waals surface area contributed by atoms with Gasteiger partial charge in [-0.2, -0.15) is 33.7 Å². The predicted octanol–water partition coefficient (Wildman–Crippen LogP) is 7.00. The number of benzene rings is 2. The molecule has 54 heavy (non-hydrogen) atoms. The van der Waals surface area contributed by atoms with Gasteiger partial charge < -0.3 is 25.8 Å². The topological polar surface area (TPSA) is 163 Å². The molecule has 2 fully saturated rings. The second kappa shape index (κ2) is 15.1. The predicted molar refractivity (Wildman–Crippen MR) is 189 cm³/mol. The number of pyridine rings is 1. The van der Waals surface area contributed by atoms with Crippen molar-refractivity contribution in [3.63, 3.8) is 0 Å². The molecule has 2 aromatic carbocycles. The molecule has 3 aliphatic rings. The van der Waals surface area contributed by atoms with Crippen molar-refractivity contribution in [3.8, 4) is 35.0 Å². The minimum Gasteiger partial charge on any atom is -0.490 e. The minimum atomic E-state index is -5.25. The van der Waals surface area contributed by atoms with E-state index in [4.69, 9.17) is 20.9 Å². The van der Waals surface area contributed by atoms with Crippen LogP contribution in [0, 0.1) is 34.3 Å². The first-order valence-electron chi connectivity index (χ1n) is 16.6.